The summed E-state index contributed by atoms with van der Waals surface area (Å²) in [6, 6.07) is 0. The largest absolute Gasteiger partial charge is 0.256 e. The van der Waals surface area contributed by atoms with Gasteiger partial charge in [-0.1, -0.05) is 0 Å². The first-order valence-electron chi connectivity index (χ1n) is 2.00. The molecular weight excluding hydrogens is 110 g/mol. The first kappa shape index (κ1) is 4.93. The lowest BCUT2D eigenvalue weighted by molar-refractivity contribution is 0.220. The van der Waals surface area contributed by atoms with E-state index in [1.807, 2.05) is 12.1 Å². The highest BCUT2D eigenvalue weighted by atomic mass is 32.1. The molecule has 0 unspecified atom stereocenters. The molecule has 0 atom stereocenters. The van der Waals surface area contributed by atoms with E-state index in [2.05, 4.69) is 17.8 Å². The lowest BCUT2D eigenvalue weighted by atomic mass is 11.0. The normalized spacial score (nSPS) is 21.7. The van der Waals surface area contributed by atoms with E-state index in [9.17, 15) is 0 Å². The topological polar surface area (TPSA) is 18.8 Å². The van der Waals surface area contributed by atoms with Gasteiger partial charge in [0.1, 0.15) is 13.0 Å². The van der Waals surface area contributed by atoms with Crippen molar-refractivity contribution in [2.75, 3.05) is 13.7 Å². The van der Waals surface area contributed by atoms with Gasteiger partial charge in [0, 0.05) is 7.05 Å². The molecule has 0 fully saturated rings. The van der Waals surface area contributed by atoms with Gasteiger partial charge >= 0.3 is 0 Å². The molecule has 1 rings (SSSR count). The van der Waals surface area contributed by atoms with Gasteiger partial charge in [-0.2, -0.15) is 5.01 Å². The summed E-state index contributed by atoms with van der Waals surface area (Å²) in [6.07, 6.45) is 1.67. The molecule has 1 aliphatic heterocycles. The number of hydrogen-bond donors (Lipinski definition) is 1. The van der Waals surface area contributed by atoms with Crippen molar-refractivity contribution in [2.45, 2.75) is 0 Å². The van der Waals surface area contributed by atoms with Crippen LogP contribution in [-0.2, 0) is 0 Å². The Bertz CT molecular complexity index is 92.2. The van der Waals surface area contributed by atoms with Crippen molar-refractivity contribution in [1.82, 2.24) is 9.42 Å². The quantitative estimate of drug-likeness (QED) is 0.450. The third-order valence-corrected chi connectivity index (χ3v) is 1.23. The summed E-state index contributed by atoms with van der Waals surface area (Å²) in [5, 5.41) is 1.88. The Balaban J connectivity index is 2.45. The Morgan fingerprint density at radius 1 is 1.86 bits per heavy atom. The van der Waals surface area contributed by atoms with Crippen molar-refractivity contribution in [3.8, 4) is 0 Å². The summed E-state index contributed by atoms with van der Waals surface area (Å²) in [5.41, 5.74) is 0. The zero-order valence-electron chi connectivity index (χ0n) is 4.07. The van der Waals surface area contributed by atoms with E-state index in [0.717, 1.165) is 6.67 Å². The average Bonchev–Trinajstić information content (AvgIpc) is 1.91. The van der Waals surface area contributed by atoms with Gasteiger partial charge in [0.2, 0.25) is 0 Å². The van der Waals surface area contributed by atoms with Gasteiger partial charge in [-0.15, -0.1) is 0 Å². The van der Waals surface area contributed by atoms with E-state index in [-0.39, 0.29) is 0 Å². The summed E-state index contributed by atoms with van der Waals surface area (Å²) in [5.74, 6) is 0. The highest BCUT2D eigenvalue weighted by Crippen LogP contribution is 2.00. The Hall–Kier alpha value is -0.220. The minimum atomic E-state index is 0.726. The SMILES string of the molecule is CN1CN=CN1S. The van der Waals surface area contributed by atoms with Gasteiger partial charge in [-0.25, -0.2) is 4.41 Å². The van der Waals surface area contributed by atoms with Crippen LogP contribution in [0, 0.1) is 0 Å². The van der Waals surface area contributed by atoms with Crippen molar-refractivity contribution in [1.29, 1.82) is 0 Å². The van der Waals surface area contributed by atoms with Gasteiger partial charge in [0.25, 0.3) is 0 Å². The van der Waals surface area contributed by atoms with E-state index in [1.165, 1.54) is 0 Å². The Morgan fingerprint density at radius 3 is 2.71 bits per heavy atom. The molecule has 0 amide bonds. The number of hydrazine groups is 1. The van der Waals surface area contributed by atoms with Crippen LogP contribution in [0.15, 0.2) is 4.99 Å². The Morgan fingerprint density at radius 2 is 2.57 bits per heavy atom. The zero-order valence-corrected chi connectivity index (χ0v) is 4.97. The summed E-state index contributed by atoms with van der Waals surface area (Å²) in [4.78, 5) is 3.90. The molecule has 0 bridgehead atoms. The summed E-state index contributed by atoms with van der Waals surface area (Å²) in [7, 11) is 1.92. The standard InChI is InChI=1S/C3H7N3S/c1-5-2-4-3-6(5)7/h3,7H,2H2,1H3. The van der Waals surface area contributed by atoms with Gasteiger partial charge in [-0.3, -0.25) is 4.99 Å². The molecule has 1 heterocycles. The monoisotopic (exact) mass is 117 g/mol. The molecule has 0 aliphatic carbocycles. The first-order chi connectivity index (χ1) is 3.30. The van der Waals surface area contributed by atoms with Crippen LogP contribution in [0.1, 0.15) is 0 Å². The highest BCUT2D eigenvalue weighted by Gasteiger charge is 2.05. The fourth-order valence-electron chi connectivity index (χ4n) is 0.381. The number of hydrogen-bond acceptors (Lipinski definition) is 4. The molecule has 0 radical (unpaired) electrons. The average molecular weight is 117 g/mol. The predicted molar refractivity (Wildman–Crippen MR) is 31.9 cm³/mol. The Kier molecular flexibility index (Phi) is 1.21. The van der Waals surface area contributed by atoms with Crippen LogP contribution in [0.25, 0.3) is 0 Å². The molecule has 3 nitrogen and oxygen atoms in total. The lowest BCUT2D eigenvalue weighted by Gasteiger charge is -2.14. The molecule has 0 saturated carbocycles. The summed E-state index contributed by atoms with van der Waals surface area (Å²) >= 11 is 4.00. The van der Waals surface area contributed by atoms with E-state index >= 15 is 0 Å². The number of rotatable bonds is 0. The highest BCUT2D eigenvalue weighted by molar-refractivity contribution is 7.78. The molecule has 1 aliphatic rings. The fraction of sp³-hybridized carbons (Fsp3) is 0.667. The molecular formula is C3H7N3S. The van der Waals surface area contributed by atoms with Gasteiger partial charge in [-0.05, 0) is 12.8 Å². The molecule has 0 spiro atoms. The van der Waals surface area contributed by atoms with Crippen molar-refractivity contribution < 1.29 is 0 Å². The molecule has 40 valence electrons. The second-order valence-electron chi connectivity index (χ2n) is 1.42. The van der Waals surface area contributed by atoms with Crippen molar-refractivity contribution >= 4 is 19.2 Å². The van der Waals surface area contributed by atoms with Crippen molar-refractivity contribution in [2.24, 2.45) is 4.99 Å². The Labute approximate surface area is 48.1 Å². The number of aliphatic imine (C=N–C) groups is 1. The van der Waals surface area contributed by atoms with Crippen LogP contribution in [0.2, 0.25) is 0 Å². The third-order valence-electron chi connectivity index (χ3n) is 0.821. The number of thiol groups is 1. The molecule has 0 aromatic heterocycles. The molecule has 4 heteroatoms. The minimum absolute atomic E-state index is 0.726. The van der Waals surface area contributed by atoms with Crippen LogP contribution >= 0.6 is 12.8 Å². The lowest BCUT2D eigenvalue weighted by Crippen LogP contribution is -2.24. The van der Waals surface area contributed by atoms with E-state index in [0.29, 0.717) is 0 Å². The zero-order chi connectivity index (χ0) is 5.28. The predicted octanol–water partition coefficient (Wildman–Crippen LogP) is -0.0206. The van der Waals surface area contributed by atoms with Crippen LogP contribution < -0.4 is 0 Å². The molecule has 0 saturated heterocycles. The maximum atomic E-state index is 4.00. The maximum Gasteiger partial charge on any atom is 0.113 e. The van der Waals surface area contributed by atoms with Crippen molar-refractivity contribution in [3.05, 3.63) is 0 Å². The molecule has 0 N–H and O–H groups in total. The number of nitrogens with zero attached hydrogens (tertiary/aromatic N) is 3. The second kappa shape index (κ2) is 1.71. The van der Waals surface area contributed by atoms with Gasteiger partial charge in [0.15, 0.2) is 0 Å². The first-order valence-corrected chi connectivity index (χ1v) is 2.40. The van der Waals surface area contributed by atoms with E-state index in [4.69, 9.17) is 0 Å². The second-order valence-corrected chi connectivity index (χ2v) is 1.83. The summed E-state index contributed by atoms with van der Waals surface area (Å²) < 4.78 is 1.64. The fourth-order valence-corrected chi connectivity index (χ4v) is 0.510. The van der Waals surface area contributed by atoms with E-state index in [1.54, 1.807) is 10.8 Å². The maximum absolute atomic E-state index is 4.00. The third kappa shape index (κ3) is 0.863. The molecule has 0 aromatic carbocycles. The minimum Gasteiger partial charge on any atom is -0.256 e. The van der Waals surface area contributed by atoms with Gasteiger partial charge < -0.3 is 0 Å². The van der Waals surface area contributed by atoms with Crippen LogP contribution in [0.5, 0.6) is 0 Å². The van der Waals surface area contributed by atoms with Crippen LogP contribution in [0.3, 0.4) is 0 Å². The van der Waals surface area contributed by atoms with Crippen LogP contribution in [-0.4, -0.2) is 29.5 Å². The van der Waals surface area contributed by atoms with Crippen molar-refractivity contribution in [3.63, 3.8) is 0 Å². The van der Waals surface area contributed by atoms with Gasteiger partial charge in [0.05, 0.1) is 0 Å². The molecule has 0 aromatic rings. The molecule has 7 heavy (non-hydrogen) atoms. The smallest absolute Gasteiger partial charge is 0.113 e. The summed E-state index contributed by atoms with van der Waals surface area (Å²) in [6.45, 7) is 0.726. The van der Waals surface area contributed by atoms with Crippen LogP contribution in [0.4, 0.5) is 0 Å². The van der Waals surface area contributed by atoms with E-state index < -0.39 is 0 Å².